The van der Waals surface area contributed by atoms with Gasteiger partial charge in [0.25, 0.3) is 0 Å². The lowest BCUT2D eigenvalue weighted by Gasteiger charge is -2.30. The molecule has 0 bridgehead atoms. The fourth-order valence-electron chi connectivity index (χ4n) is 2.70. The van der Waals surface area contributed by atoms with Gasteiger partial charge in [-0.3, -0.25) is 0 Å². The van der Waals surface area contributed by atoms with Gasteiger partial charge in [0.1, 0.15) is 12.4 Å². The van der Waals surface area contributed by atoms with Crippen molar-refractivity contribution in [1.82, 2.24) is 0 Å². The van der Waals surface area contributed by atoms with E-state index in [2.05, 4.69) is 6.92 Å². The minimum absolute atomic E-state index is 0.359. The summed E-state index contributed by atoms with van der Waals surface area (Å²) in [6, 6.07) is 7.31. The standard InChI is InChI=1S/C15H21ClO2/c1-11-4-2-5-12(8-11)15(17)10-18-14-7-3-6-13(16)9-14/h3,6-7,9,11-12,15,17H,2,4-5,8,10H2,1H3. The van der Waals surface area contributed by atoms with Gasteiger partial charge in [-0.25, -0.2) is 0 Å². The third-order valence-electron chi connectivity index (χ3n) is 3.74. The Morgan fingerprint density at radius 1 is 1.44 bits per heavy atom. The van der Waals surface area contributed by atoms with Crippen LogP contribution >= 0.6 is 11.6 Å². The predicted octanol–water partition coefficient (Wildman–Crippen LogP) is 3.91. The van der Waals surface area contributed by atoms with Crippen molar-refractivity contribution in [2.45, 2.75) is 38.7 Å². The molecule has 1 aliphatic carbocycles. The Labute approximate surface area is 114 Å². The number of aliphatic hydroxyl groups is 1. The second-order valence-electron chi connectivity index (χ2n) is 5.37. The summed E-state index contributed by atoms with van der Waals surface area (Å²) in [7, 11) is 0. The molecule has 0 saturated heterocycles. The van der Waals surface area contributed by atoms with Gasteiger partial charge in [-0.15, -0.1) is 0 Å². The highest BCUT2D eigenvalue weighted by Crippen LogP contribution is 2.31. The Hall–Kier alpha value is -0.730. The second kappa shape index (κ2) is 6.44. The van der Waals surface area contributed by atoms with Crippen LogP contribution in [0.15, 0.2) is 24.3 Å². The van der Waals surface area contributed by atoms with Gasteiger partial charge >= 0.3 is 0 Å². The number of hydrogen-bond acceptors (Lipinski definition) is 2. The molecule has 0 aliphatic heterocycles. The van der Waals surface area contributed by atoms with Crippen LogP contribution in [0.5, 0.6) is 5.75 Å². The lowest BCUT2D eigenvalue weighted by Crippen LogP contribution is -2.30. The lowest BCUT2D eigenvalue weighted by molar-refractivity contribution is 0.0325. The number of ether oxygens (including phenoxy) is 1. The van der Waals surface area contributed by atoms with E-state index in [0.717, 1.165) is 24.5 Å². The van der Waals surface area contributed by atoms with E-state index in [9.17, 15) is 5.11 Å². The molecule has 0 heterocycles. The van der Waals surface area contributed by atoms with Gasteiger partial charge in [0.2, 0.25) is 0 Å². The smallest absolute Gasteiger partial charge is 0.120 e. The molecule has 1 fully saturated rings. The minimum Gasteiger partial charge on any atom is -0.491 e. The maximum atomic E-state index is 10.2. The molecule has 2 nitrogen and oxygen atoms in total. The van der Waals surface area contributed by atoms with Crippen molar-refractivity contribution in [2.24, 2.45) is 11.8 Å². The molecular weight excluding hydrogens is 248 g/mol. The van der Waals surface area contributed by atoms with E-state index in [-0.39, 0.29) is 6.10 Å². The highest BCUT2D eigenvalue weighted by molar-refractivity contribution is 6.30. The fourth-order valence-corrected chi connectivity index (χ4v) is 2.89. The van der Waals surface area contributed by atoms with Crippen LogP contribution in [0, 0.1) is 11.8 Å². The number of rotatable bonds is 4. The van der Waals surface area contributed by atoms with Crippen molar-refractivity contribution >= 4 is 11.6 Å². The molecule has 0 amide bonds. The van der Waals surface area contributed by atoms with E-state index in [0.29, 0.717) is 17.5 Å². The highest BCUT2D eigenvalue weighted by atomic mass is 35.5. The van der Waals surface area contributed by atoms with E-state index in [4.69, 9.17) is 16.3 Å². The number of aliphatic hydroxyl groups excluding tert-OH is 1. The zero-order valence-corrected chi connectivity index (χ0v) is 11.6. The first-order valence-corrected chi connectivity index (χ1v) is 7.09. The summed E-state index contributed by atoms with van der Waals surface area (Å²) in [5.74, 6) is 1.84. The second-order valence-corrected chi connectivity index (χ2v) is 5.80. The average Bonchev–Trinajstić information content (AvgIpc) is 2.36. The maximum absolute atomic E-state index is 10.2. The van der Waals surface area contributed by atoms with Gasteiger partial charge in [-0.1, -0.05) is 37.4 Å². The summed E-state index contributed by atoms with van der Waals surface area (Å²) >= 11 is 5.89. The highest BCUT2D eigenvalue weighted by Gasteiger charge is 2.25. The van der Waals surface area contributed by atoms with Crippen molar-refractivity contribution in [2.75, 3.05) is 6.61 Å². The van der Waals surface area contributed by atoms with Gasteiger partial charge < -0.3 is 9.84 Å². The van der Waals surface area contributed by atoms with Crippen LogP contribution < -0.4 is 4.74 Å². The minimum atomic E-state index is -0.369. The van der Waals surface area contributed by atoms with Crippen molar-refractivity contribution in [3.8, 4) is 5.75 Å². The maximum Gasteiger partial charge on any atom is 0.120 e. The van der Waals surface area contributed by atoms with Crippen LogP contribution in [0.25, 0.3) is 0 Å². The third kappa shape index (κ3) is 3.89. The van der Waals surface area contributed by atoms with Gasteiger partial charge in [0, 0.05) is 5.02 Å². The molecular formula is C15H21ClO2. The molecule has 18 heavy (non-hydrogen) atoms. The van der Waals surface area contributed by atoms with E-state index < -0.39 is 0 Å². The normalized spacial score (nSPS) is 25.7. The molecule has 3 heteroatoms. The van der Waals surface area contributed by atoms with Crippen LogP contribution in [0.1, 0.15) is 32.6 Å². The topological polar surface area (TPSA) is 29.5 Å². The molecule has 1 aromatic carbocycles. The van der Waals surface area contributed by atoms with Crippen molar-refractivity contribution in [1.29, 1.82) is 0 Å². The Morgan fingerprint density at radius 3 is 3.00 bits per heavy atom. The van der Waals surface area contributed by atoms with Crippen LogP contribution in [-0.2, 0) is 0 Å². The van der Waals surface area contributed by atoms with Gasteiger partial charge in [-0.05, 0) is 42.9 Å². The van der Waals surface area contributed by atoms with Crippen molar-refractivity contribution < 1.29 is 9.84 Å². The number of hydrogen-bond donors (Lipinski definition) is 1. The fraction of sp³-hybridized carbons (Fsp3) is 0.600. The third-order valence-corrected chi connectivity index (χ3v) is 3.97. The molecule has 0 radical (unpaired) electrons. The molecule has 0 spiro atoms. The van der Waals surface area contributed by atoms with Gasteiger partial charge in [-0.2, -0.15) is 0 Å². The zero-order chi connectivity index (χ0) is 13.0. The molecule has 3 unspecified atom stereocenters. The summed E-state index contributed by atoms with van der Waals surface area (Å²) in [6.07, 6.45) is 4.37. The van der Waals surface area contributed by atoms with Crippen molar-refractivity contribution in [3.63, 3.8) is 0 Å². The Morgan fingerprint density at radius 2 is 2.28 bits per heavy atom. The summed E-state index contributed by atoms with van der Waals surface area (Å²) in [5.41, 5.74) is 0. The SMILES string of the molecule is CC1CCCC(C(O)COc2cccc(Cl)c2)C1. The molecule has 1 saturated carbocycles. The van der Waals surface area contributed by atoms with E-state index in [1.807, 2.05) is 18.2 Å². The molecule has 1 aromatic rings. The predicted molar refractivity (Wildman–Crippen MR) is 74.1 cm³/mol. The van der Waals surface area contributed by atoms with E-state index >= 15 is 0 Å². The van der Waals surface area contributed by atoms with E-state index in [1.54, 1.807) is 6.07 Å². The first-order chi connectivity index (χ1) is 8.65. The number of halogens is 1. The monoisotopic (exact) mass is 268 g/mol. The summed E-state index contributed by atoms with van der Waals surface area (Å²) in [5, 5.41) is 10.8. The summed E-state index contributed by atoms with van der Waals surface area (Å²) in [4.78, 5) is 0. The molecule has 0 aromatic heterocycles. The quantitative estimate of drug-likeness (QED) is 0.897. The van der Waals surface area contributed by atoms with Crippen LogP contribution in [0.3, 0.4) is 0 Å². The summed E-state index contributed by atoms with van der Waals surface area (Å²) < 4.78 is 5.60. The lowest BCUT2D eigenvalue weighted by atomic mass is 9.80. The molecule has 3 atom stereocenters. The van der Waals surface area contributed by atoms with Gasteiger partial charge in [0.15, 0.2) is 0 Å². The molecule has 100 valence electrons. The number of benzene rings is 1. The van der Waals surface area contributed by atoms with Crippen LogP contribution in [0.4, 0.5) is 0 Å². The van der Waals surface area contributed by atoms with Crippen LogP contribution in [0.2, 0.25) is 5.02 Å². The largest absolute Gasteiger partial charge is 0.491 e. The molecule has 2 rings (SSSR count). The van der Waals surface area contributed by atoms with Gasteiger partial charge in [0.05, 0.1) is 6.10 Å². The molecule has 1 N–H and O–H groups in total. The Kier molecular flexibility index (Phi) is 4.90. The first-order valence-electron chi connectivity index (χ1n) is 6.71. The Balaban J connectivity index is 1.82. The first kappa shape index (κ1) is 13.7. The van der Waals surface area contributed by atoms with Crippen LogP contribution in [-0.4, -0.2) is 17.8 Å². The zero-order valence-electron chi connectivity index (χ0n) is 10.8. The van der Waals surface area contributed by atoms with E-state index in [1.165, 1.54) is 12.8 Å². The Bertz CT molecular complexity index is 381. The van der Waals surface area contributed by atoms with Crippen molar-refractivity contribution in [3.05, 3.63) is 29.3 Å². The summed E-state index contributed by atoms with van der Waals surface area (Å²) in [6.45, 7) is 2.62. The molecule has 1 aliphatic rings. The average molecular weight is 269 g/mol.